The maximum atomic E-state index is 12.0. The number of carbonyl (C=O) groups excluding carboxylic acids is 1. The maximum Gasteiger partial charge on any atom is 0.222 e. The lowest BCUT2D eigenvalue weighted by Gasteiger charge is -2.25. The summed E-state index contributed by atoms with van der Waals surface area (Å²) in [4.78, 5) is 15.1. The van der Waals surface area contributed by atoms with Crippen LogP contribution in [0.3, 0.4) is 0 Å². The maximum absolute atomic E-state index is 12.0. The van der Waals surface area contributed by atoms with E-state index in [2.05, 4.69) is 11.4 Å². The zero-order chi connectivity index (χ0) is 13.5. The third kappa shape index (κ3) is 4.96. The van der Waals surface area contributed by atoms with Crippen molar-refractivity contribution >= 4 is 17.2 Å². The molecule has 2 heterocycles. The van der Waals surface area contributed by atoms with E-state index in [4.69, 9.17) is 4.74 Å². The van der Waals surface area contributed by atoms with Gasteiger partial charge in [-0.2, -0.15) is 0 Å². The van der Waals surface area contributed by atoms with Crippen molar-refractivity contribution in [2.75, 3.05) is 20.2 Å². The number of hydrogen-bond acceptors (Lipinski definition) is 3. The molecule has 1 aromatic heterocycles. The summed E-state index contributed by atoms with van der Waals surface area (Å²) in [6.45, 7) is 1.70. The second-order valence-electron chi connectivity index (χ2n) is 5.17. The van der Waals surface area contributed by atoms with Crippen LogP contribution in [0.15, 0.2) is 17.5 Å². The average Bonchev–Trinajstić information content (AvgIpc) is 2.96. The Labute approximate surface area is 119 Å². The second kappa shape index (κ2) is 7.65. The number of ether oxygens (including phenoxy) is 1. The van der Waals surface area contributed by atoms with Gasteiger partial charge < -0.3 is 9.64 Å². The molecular formula is C15H23NO2S. The fourth-order valence-corrected chi connectivity index (χ4v) is 3.08. The number of aryl methyl sites for hydroxylation is 1. The molecular weight excluding hydrogens is 258 g/mol. The SMILES string of the molecule is CN(CCC1CCCCO1)C(=O)CCc1cccs1. The molecule has 0 N–H and O–H groups in total. The fraction of sp³-hybridized carbons (Fsp3) is 0.667. The number of amides is 1. The summed E-state index contributed by atoms with van der Waals surface area (Å²) in [5, 5.41) is 2.06. The van der Waals surface area contributed by atoms with Crippen LogP contribution in [0.5, 0.6) is 0 Å². The third-order valence-corrected chi connectivity index (χ3v) is 4.59. The zero-order valence-electron chi connectivity index (χ0n) is 11.6. The molecule has 0 saturated carbocycles. The van der Waals surface area contributed by atoms with E-state index in [1.54, 1.807) is 11.3 Å². The molecule has 1 aromatic rings. The van der Waals surface area contributed by atoms with E-state index in [1.165, 1.54) is 17.7 Å². The molecule has 0 spiro atoms. The number of hydrogen-bond donors (Lipinski definition) is 0. The van der Waals surface area contributed by atoms with Gasteiger partial charge in [-0.15, -0.1) is 11.3 Å². The van der Waals surface area contributed by atoms with Crippen LogP contribution in [0.25, 0.3) is 0 Å². The molecule has 1 unspecified atom stereocenters. The van der Waals surface area contributed by atoms with Crippen molar-refractivity contribution in [3.8, 4) is 0 Å². The smallest absolute Gasteiger partial charge is 0.222 e. The van der Waals surface area contributed by atoms with Crippen LogP contribution in [-0.2, 0) is 16.0 Å². The summed E-state index contributed by atoms with van der Waals surface area (Å²) in [7, 11) is 1.90. The standard InChI is InChI=1S/C15H23NO2S/c1-16(10-9-13-5-2-3-11-18-13)15(17)8-7-14-6-4-12-19-14/h4,6,12-13H,2-3,5,7-11H2,1H3. The van der Waals surface area contributed by atoms with Gasteiger partial charge in [0, 0.05) is 31.5 Å². The normalized spacial score (nSPS) is 19.3. The molecule has 0 aliphatic carbocycles. The molecule has 0 radical (unpaired) electrons. The van der Waals surface area contributed by atoms with E-state index < -0.39 is 0 Å². The Balaban J connectivity index is 1.64. The van der Waals surface area contributed by atoms with Gasteiger partial charge in [0.05, 0.1) is 6.10 Å². The van der Waals surface area contributed by atoms with Crippen LogP contribution < -0.4 is 0 Å². The van der Waals surface area contributed by atoms with Gasteiger partial charge in [0.1, 0.15) is 0 Å². The molecule has 4 heteroatoms. The van der Waals surface area contributed by atoms with Gasteiger partial charge in [-0.05, 0) is 43.6 Å². The van der Waals surface area contributed by atoms with Crippen molar-refractivity contribution in [2.45, 2.75) is 44.6 Å². The molecule has 1 atom stereocenters. The van der Waals surface area contributed by atoms with Crippen molar-refractivity contribution in [3.63, 3.8) is 0 Å². The van der Waals surface area contributed by atoms with Crippen LogP contribution in [0.1, 0.15) is 37.0 Å². The monoisotopic (exact) mass is 281 g/mol. The first-order valence-electron chi connectivity index (χ1n) is 7.13. The molecule has 1 saturated heterocycles. The van der Waals surface area contributed by atoms with Crippen molar-refractivity contribution in [3.05, 3.63) is 22.4 Å². The molecule has 2 rings (SSSR count). The molecule has 3 nitrogen and oxygen atoms in total. The van der Waals surface area contributed by atoms with E-state index >= 15 is 0 Å². The van der Waals surface area contributed by atoms with Crippen LogP contribution >= 0.6 is 11.3 Å². The van der Waals surface area contributed by atoms with Gasteiger partial charge in [0.25, 0.3) is 0 Å². The fourth-order valence-electron chi connectivity index (χ4n) is 2.37. The van der Waals surface area contributed by atoms with Gasteiger partial charge in [0.15, 0.2) is 0 Å². The van der Waals surface area contributed by atoms with E-state index in [1.807, 2.05) is 18.0 Å². The quantitative estimate of drug-likeness (QED) is 0.802. The van der Waals surface area contributed by atoms with Crippen molar-refractivity contribution in [2.24, 2.45) is 0 Å². The summed E-state index contributed by atoms with van der Waals surface area (Å²) in [6, 6.07) is 4.13. The largest absolute Gasteiger partial charge is 0.378 e. The first-order chi connectivity index (χ1) is 9.25. The topological polar surface area (TPSA) is 29.5 Å². The van der Waals surface area contributed by atoms with Crippen LogP contribution in [0, 0.1) is 0 Å². The predicted octanol–water partition coefficient (Wildman–Crippen LogP) is 3.10. The zero-order valence-corrected chi connectivity index (χ0v) is 12.5. The van der Waals surface area contributed by atoms with Crippen molar-refractivity contribution < 1.29 is 9.53 Å². The summed E-state index contributed by atoms with van der Waals surface area (Å²) in [6.07, 6.45) is 6.41. The van der Waals surface area contributed by atoms with Crippen LogP contribution in [0.4, 0.5) is 0 Å². The Kier molecular flexibility index (Phi) is 5.86. The van der Waals surface area contributed by atoms with Crippen molar-refractivity contribution in [1.29, 1.82) is 0 Å². The highest BCUT2D eigenvalue weighted by molar-refractivity contribution is 7.09. The minimum atomic E-state index is 0.240. The van der Waals surface area contributed by atoms with E-state index in [9.17, 15) is 4.79 Å². The van der Waals surface area contributed by atoms with E-state index in [0.29, 0.717) is 12.5 Å². The van der Waals surface area contributed by atoms with E-state index in [0.717, 1.165) is 32.4 Å². The minimum Gasteiger partial charge on any atom is -0.378 e. The first kappa shape index (κ1) is 14.5. The van der Waals surface area contributed by atoms with Gasteiger partial charge in [0.2, 0.25) is 5.91 Å². The second-order valence-corrected chi connectivity index (χ2v) is 6.20. The lowest BCUT2D eigenvalue weighted by atomic mass is 10.1. The molecule has 0 aromatic carbocycles. The summed E-state index contributed by atoms with van der Waals surface area (Å²) in [5.74, 6) is 0.240. The average molecular weight is 281 g/mol. The first-order valence-corrected chi connectivity index (χ1v) is 8.01. The number of carbonyl (C=O) groups is 1. The summed E-state index contributed by atoms with van der Waals surface area (Å²) < 4.78 is 5.69. The van der Waals surface area contributed by atoms with Gasteiger partial charge in [-0.3, -0.25) is 4.79 Å². The highest BCUT2D eigenvalue weighted by Gasteiger charge is 2.16. The van der Waals surface area contributed by atoms with E-state index in [-0.39, 0.29) is 5.91 Å². The molecule has 106 valence electrons. The molecule has 1 aliphatic rings. The number of nitrogens with zero attached hydrogens (tertiary/aromatic N) is 1. The van der Waals surface area contributed by atoms with Crippen LogP contribution in [-0.4, -0.2) is 37.1 Å². The van der Waals surface area contributed by atoms with Crippen LogP contribution in [0.2, 0.25) is 0 Å². The lowest BCUT2D eigenvalue weighted by Crippen LogP contribution is -2.31. The number of rotatable bonds is 6. The molecule has 1 amide bonds. The molecule has 19 heavy (non-hydrogen) atoms. The Morgan fingerprint density at radius 2 is 2.42 bits per heavy atom. The Bertz CT molecular complexity index is 372. The lowest BCUT2D eigenvalue weighted by molar-refractivity contribution is -0.130. The molecule has 1 fully saturated rings. The third-order valence-electron chi connectivity index (χ3n) is 3.65. The number of thiophene rings is 1. The highest BCUT2D eigenvalue weighted by Crippen LogP contribution is 2.16. The predicted molar refractivity (Wildman–Crippen MR) is 78.5 cm³/mol. The van der Waals surface area contributed by atoms with Gasteiger partial charge in [-0.1, -0.05) is 6.07 Å². The summed E-state index contributed by atoms with van der Waals surface area (Å²) in [5.41, 5.74) is 0. The Morgan fingerprint density at radius 3 is 3.11 bits per heavy atom. The Hall–Kier alpha value is -0.870. The summed E-state index contributed by atoms with van der Waals surface area (Å²) >= 11 is 1.72. The van der Waals surface area contributed by atoms with Gasteiger partial charge >= 0.3 is 0 Å². The van der Waals surface area contributed by atoms with Gasteiger partial charge in [-0.25, -0.2) is 0 Å². The minimum absolute atomic E-state index is 0.240. The van der Waals surface area contributed by atoms with Crippen molar-refractivity contribution in [1.82, 2.24) is 4.90 Å². The Morgan fingerprint density at radius 1 is 1.53 bits per heavy atom. The molecule has 0 bridgehead atoms. The molecule has 1 aliphatic heterocycles. The highest BCUT2D eigenvalue weighted by atomic mass is 32.1.